The first-order valence-electron chi connectivity index (χ1n) is 5.63. The van der Waals surface area contributed by atoms with E-state index >= 15 is 0 Å². The van der Waals surface area contributed by atoms with Gasteiger partial charge in [-0.05, 0) is 26.4 Å². The van der Waals surface area contributed by atoms with Crippen LogP contribution in [-0.2, 0) is 0 Å². The molecule has 1 aliphatic rings. The van der Waals surface area contributed by atoms with E-state index in [9.17, 15) is 9.90 Å². The van der Waals surface area contributed by atoms with Gasteiger partial charge in [0.25, 0.3) is 0 Å². The maximum absolute atomic E-state index is 12.2. The molecule has 0 saturated carbocycles. The molecular formula is C13H17NO2. The van der Waals surface area contributed by atoms with Crippen molar-refractivity contribution in [3.8, 4) is 0 Å². The molecule has 0 radical (unpaired) electrons. The summed E-state index contributed by atoms with van der Waals surface area (Å²) < 4.78 is 0. The smallest absolute Gasteiger partial charge is 0.195 e. The summed E-state index contributed by atoms with van der Waals surface area (Å²) in [6.07, 6.45) is 1.43. The maximum atomic E-state index is 12.2. The number of hydrogen-bond acceptors (Lipinski definition) is 3. The van der Waals surface area contributed by atoms with Crippen LogP contribution in [0.5, 0.6) is 0 Å². The third-order valence-electron chi connectivity index (χ3n) is 3.12. The van der Waals surface area contributed by atoms with E-state index in [1.54, 1.807) is 12.1 Å². The number of likely N-dealkylation sites (N-methyl/N-ethyl adjacent to an activating group) is 1. The van der Waals surface area contributed by atoms with E-state index in [0.29, 0.717) is 18.5 Å². The molecule has 2 rings (SSSR count). The maximum Gasteiger partial charge on any atom is 0.195 e. The average molecular weight is 219 g/mol. The van der Waals surface area contributed by atoms with E-state index in [-0.39, 0.29) is 5.78 Å². The lowest BCUT2D eigenvalue weighted by Gasteiger charge is -2.36. The zero-order valence-corrected chi connectivity index (χ0v) is 9.52. The zero-order valence-electron chi connectivity index (χ0n) is 9.52. The molecule has 0 spiro atoms. The summed E-state index contributed by atoms with van der Waals surface area (Å²) in [4.78, 5) is 14.2. The molecule has 3 heteroatoms. The van der Waals surface area contributed by atoms with Crippen molar-refractivity contribution < 1.29 is 9.90 Å². The molecule has 1 N–H and O–H groups in total. The summed E-state index contributed by atoms with van der Waals surface area (Å²) in [5.74, 6) is -0.153. The van der Waals surface area contributed by atoms with E-state index in [0.717, 1.165) is 13.0 Å². The number of carbonyl (C=O) groups is 1. The highest BCUT2D eigenvalue weighted by molar-refractivity contribution is 6.02. The van der Waals surface area contributed by atoms with Crippen molar-refractivity contribution in [2.75, 3.05) is 20.1 Å². The first-order valence-corrected chi connectivity index (χ1v) is 5.63. The van der Waals surface area contributed by atoms with Crippen molar-refractivity contribution >= 4 is 5.78 Å². The predicted octanol–water partition coefficient (Wildman–Crippen LogP) is 1.33. The van der Waals surface area contributed by atoms with Crippen LogP contribution < -0.4 is 0 Å². The SMILES string of the molecule is CN1CCCC(O)(C(=O)c2ccccc2)C1. The third kappa shape index (κ3) is 2.15. The second kappa shape index (κ2) is 4.36. The van der Waals surface area contributed by atoms with Crippen LogP contribution in [0.3, 0.4) is 0 Å². The Hall–Kier alpha value is -1.19. The number of β-amino-alcohol motifs (C(OH)–C–C–N with tert-alkyl or cyclic N) is 1. The largest absolute Gasteiger partial charge is 0.380 e. The van der Waals surface area contributed by atoms with Gasteiger partial charge in [0, 0.05) is 12.1 Å². The monoisotopic (exact) mass is 219 g/mol. The molecular weight excluding hydrogens is 202 g/mol. The van der Waals surface area contributed by atoms with Gasteiger partial charge >= 0.3 is 0 Å². The molecule has 86 valence electrons. The summed E-state index contributed by atoms with van der Waals surface area (Å²) in [6, 6.07) is 9.03. The number of likely N-dealkylation sites (tertiary alicyclic amines) is 1. The van der Waals surface area contributed by atoms with Gasteiger partial charge in [-0.25, -0.2) is 0 Å². The Morgan fingerprint density at radius 1 is 1.38 bits per heavy atom. The molecule has 0 aromatic heterocycles. The highest BCUT2D eigenvalue weighted by Gasteiger charge is 2.39. The molecule has 1 heterocycles. The van der Waals surface area contributed by atoms with Gasteiger partial charge in [0.15, 0.2) is 5.78 Å². The number of benzene rings is 1. The number of piperidine rings is 1. The van der Waals surface area contributed by atoms with Crippen molar-refractivity contribution in [3.05, 3.63) is 35.9 Å². The summed E-state index contributed by atoms with van der Waals surface area (Å²) in [6.45, 7) is 1.38. The highest BCUT2D eigenvalue weighted by atomic mass is 16.3. The predicted molar refractivity (Wildman–Crippen MR) is 62.5 cm³/mol. The number of aliphatic hydroxyl groups is 1. The zero-order chi connectivity index (χ0) is 11.6. The Bertz CT molecular complexity index is 377. The van der Waals surface area contributed by atoms with E-state index in [4.69, 9.17) is 0 Å². The van der Waals surface area contributed by atoms with E-state index < -0.39 is 5.60 Å². The van der Waals surface area contributed by atoms with E-state index in [2.05, 4.69) is 0 Å². The normalized spacial score (nSPS) is 26.6. The number of rotatable bonds is 2. The molecule has 1 unspecified atom stereocenters. The third-order valence-corrected chi connectivity index (χ3v) is 3.12. The summed E-state index contributed by atoms with van der Waals surface area (Å²) in [5.41, 5.74) is -0.603. The molecule has 1 fully saturated rings. The minimum atomic E-state index is -1.20. The molecule has 1 atom stereocenters. The van der Waals surface area contributed by atoms with Gasteiger partial charge in [-0.3, -0.25) is 4.79 Å². The molecule has 1 saturated heterocycles. The molecule has 0 amide bonds. The van der Waals surface area contributed by atoms with Crippen LogP contribution in [-0.4, -0.2) is 41.5 Å². The number of ketones is 1. The van der Waals surface area contributed by atoms with Crippen LogP contribution in [0, 0.1) is 0 Å². The Kier molecular flexibility index (Phi) is 3.08. The van der Waals surface area contributed by atoms with Gasteiger partial charge in [0.2, 0.25) is 0 Å². The van der Waals surface area contributed by atoms with E-state index in [1.807, 2.05) is 30.1 Å². The summed E-state index contributed by atoms with van der Waals surface area (Å²) >= 11 is 0. The standard InChI is InChI=1S/C13H17NO2/c1-14-9-5-8-13(16,10-14)12(15)11-6-3-2-4-7-11/h2-4,6-7,16H,5,8-10H2,1H3. The highest BCUT2D eigenvalue weighted by Crippen LogP contribution is 2.24. The molecule has 1 aromatic carbocycles. The van der Waals surface area contributed by atoms with Crippen molar-refractivity contribution in [2.24, 2.45) is 0 Å². The summed E-state index contributed by atoms with van der Waals surface area (Å²) in [7, 11) is 1.93. The van der Waals surface area contributed by atoms with Gasteiger partial charge in [-0.2, -0.15) is 0 Å². The van der Waals surface area contributed by atoms with Crippen LogP contribution in [0.1, 0.15) is 23.2 Å². The van der Waals surface area contributed by atoms with Crippen molar-refractivity contribution in [2.45, 2.75) is 18.4 Å². The molecule has 0 aliphatic carbocycles. The quantitative estimate of drug-likeness (QED) is 0.763. The van der Waals surface area contributed by atoms with Crippen LogP contribution in [0.15, 0.2) is 30.3 Å². The second-order valence-electron chi connectivity index (χ2n) is 4.57. The van der Waals surface area contributed by atoms with Gasteiger partial charge in [0.05, 0.1) is 0 Å². The first kappa shape index (κ1) is 11.3. The Morgan fingerprint density at radius 3 is 2.69 bits per heavy atom. The lowest BCUT2D eigenvalue weighted by atomic mass is 9.85. The van der Waals surface area contributed by atoms with Gasteiger partial charge < -0.3 is 10.0 Å². The Morgan fingerprint density at radius 2 is 2.06 bits per heavy atom. The fraction of sp³-hybridized carbons (Fsp3) is 0.462. The molecule has 1 aromatic rings. The van der Waals surface area contributed by atoms with Crippen LogP contribution in [0.4, 0.5) is 0 Å². The summed E-state index contributed by atoms with van der Waals surface area (Å²) in [5, 5.41) is 10.4. The first-order chi connectivity index (χ1) is 7.62. The minimum Gasteiger partial charge on any atom is -0.380 e. The Balaban J connectivity index is 2.21. The second-order valence-corrected chi connectivity index (χ2v) is 4.57. The van der Waals surface area contributed by atoms with Gasteiger partial charge in [-0.15, -0.1) is 0 Å². The van der Waals surface area contributed by atoms with Crippen molar-refractivity contribution in [1.29, 1.82) is 0 Å². The molecule has 1 aliphatic heterocycles. The van der Waals surface area contributed by atoms with Gasteiger partial charge in [0.1, 0.15) is 5.60 Å². The van der Waals surface area contributed by atoms with Crippen LogP contribution in [0.2, 0.25) is 0 Å². The van der Waals surface area contributed by atoms with Crippen molar-refractivity contribution in [1.82, 2.24) is 4.90 Å². The minimum absolute atomic E-state index is 0.153. The Labute approximate surface area is 95.7 Å². The fourth-order valence-corrected chi connectivity index (χ4v) is 2.29. The van der Waals surface area contributed by atoms with Crippen LogP contribution in [0.25, 0.3) is 0 Å². The lowest BCUT2D eigenvalue weighted by Crippen LogP contribution is -2.51. The number of carbonyl (C=O) groups excluding carboxylic acids is 1. The van der Waals surface area contributed by atoms with Crippen LogP contribution >= 0.6 is 0 Å². The molecule has 3 nitrogen and oxygen atoms in total. The molecule has 0 bridgehead atoms. The van der Waals surface area contributed by atoms with Crippen molar-refractivity contribution in [3.63, 3.8) is 0 Å². The lowest BCUT2D eigenvalue weighted by molar-refractivity contribution is -0.00751. The number of nitrogens with zero attached hydrogens (tertiary/aromatic N) is 1. The molecule has 16 heavy (non-hydrogen) atoms. The topological polar surface area (TPSA) is 40.5 Å². The fourth-order valence-electron chi connectivity index (χ4n) is 2.29. The number of Topliss-reactive ketones (excluding diaryl/α,β-unsaturated/α-hetero) is 1. The van der Waals surface area contributed by atoms with E-state index in [1.165, 1.54) is 0 Å². The van der Waals surface area contributed by atoms with Gasteiger partial charge in [-0.1, -0.05) is 30.3 Å². The number of hydrogen-bond donors (Lipinski definition) is 1. The average Bonchev–Trinajstić information content (AvgIpc) is 2.29.